The molecule has 2 aromatic rings. The molecular weight excluding hydrogens is 379 g/mol. The van der Waals surface area contributed by atoms with Gasteiger partial charge in [0, 0.05) is 17.9 Å². The Labute approximate surface area is 170 Å². The van der Waals surface area contributed by atoms with Crippen LogP contribution in [0.25, 0.3) is 0 Å². The standard InChI is InChI=1S/C23H28F3NO2/c1-4-16(2)7-5-6-14-27(19-12-9-18(10-13-19)22(28)29)20-11-8-17(3)21(15-20)23(24,25)26/h8-13,15-16H,4-7,14H2,1-3H3,(H,28,29)/t16-/m1/s1. The van der Waals surface area contributed by atoms with Crippen molar-refractivity contribution in [2.75, 3.05) is 11.4 Å². The minimum atomic E-state index is -4.42. The third-order valence-corrected chi connectivity index (χ3v) is 5.29. The molecular formula is C23H28F3NO2. The number of benzene rings is 2. The third-order valence-electron chi connectivity index (χ3n) is 5.29. The van der Waals surface area contributed by atoms with Crippen LogP contribution in [0, 0.1) is 12.8 Å². The molecule has 1 N–H and O–H groups in total. The van der Waals surface area contributed by atoms with E-state index in [-0.39, 0.29) is 11.1 Å². The number of halogens is 3. The number of rotatable bonds is 9. The first-order valence-corrected chi connectivity index (χ1v) is 9.92. The normalized spacial score (nSPS) is 12.6. The van der Waals surface area contributed by atoms with E-state index in [1.807, 2.05) is 4.90 Å². The number of aryl methyl sites for hydroxylation is 1. The predicted octanol–water partition coefficient (Wildman–Crippen LogP) is 7.07. The van der Waals surface area contributed by atoms with Crippen LogP contribution in [0.3, 0.4) is 0 Å². The van der Waals surface area contributed by atoms with Crippen LogP contribution in [-0.2, 0) is 6.18 Å². The number of nitrogens with zero attached hydrogens (tertiary/aromatic N) is 1. The average molecular weight is 407 g/mol. The highest BCUT2D eigenvalue weighted by Gasteiger charge is 2.33. The van der Waals surface area contributed by atoms with Gasteiger partial charge in [-0.15, -0.1) is 0 Å². The quantitative estimate of drug-likeness (QED) is 0.452. The van der Waals surface area contributed by atoms with Crippen LogP contribution in [0.1, 0.15) is 61.0 Å². The molecule has 2 rings (SSSR count). The van der Waals surface area contributed by atoms with Crippen LogP contribution in [0.15, 0.2) is 42.5 Å². The minimum absolute atomic E-state index is 0.144. The lowest BCUT2D eigenvalue weighted by Crippen LogP contribution is -2.20. The van der Waals surface area contributed by atoms with E-state index in [0.717, 1.165) is 25.7 Å². The molecule has 0 fully saturated rings. The minimum Gasteiger partial charge on any atom is -0.478 e. The van der Waals surface area contributed by atoms with Gasteiger partial charge in [-0.05, 0) is 61.2 Å². The van der Waals surface area contributed by atoms with Crippen molar-refractivity contribution in [3.8, 4) is 0 Å². The van der Waals surface area contributed by atoms with E-state index < -0.39 is 17.7 Å². The molecule has 0 saturated heterocycles. The number of carboxylic acids is 1. The van der Waals surface area contributed by atoms with Gasteiger partial charge in [-0.1, -0.05) is 39.2 Å². The molecule has 0 saturated carbocycles. The van der Waals surface area contributed by atoms with Crippen molar-refractivity contribution >= 4 is 17.3 Å². The summed E-state index contributed by atoms with van der Waals surface area (Å²) in [6.45, 7) is 6.35. The van der Waals surface area contributed by atoms with Gasteiger partial charge in [0.1, 0.15) is 0 Å². The lowest BCUT2D eigenvalue weighted by molar-refractivity contribution is -0.138. The molecule has 0 heterocycles. The molecule has 3 nitrogen and oxygen atoms in total. The van der Waals surface area contributed by atoms with E-state index in [0.29, 0.717) is 23.8 Å². The first kappa shape index (κ1) is 22.8. The van der Waals surface area contributed by atoms with Crippen LogP contribution in [0.4, 0.5) is 24.5 Å². The van der Waals surface area contributed by atoms with E-state index in [1.165, 1.54) is 31.2 Å². The summed E-state index contributed by atoms with van der Waals surface area (Å²) in [5, 5.41) is 9.10. The molecule has 0 amide bonds. The van der Waals surface area contributed by atoms with Gasteiger partial charge < -0.3 is 10.0 Å². The Bertz CT molecular complexity index is 816. The summed E-state index contributed by atoms with van der Waals surface area (Å²) in [6.07, 6.45) is -0.427. The number of unbranched alkanes of at least 4 members (excludes halogenated alkanes) is 1. The summed E-state index contributed by atoms with van der Waals surface area (Å²) in [4.78, 5) is 12.9. The first-order valence-electron chi connectivity index (χ1n) is 9.92. The molecule has 6 heteroatoms. The topological polar surface area (TPSA) is 40.5 Å². The fraction of sp³-hybridized carbons (Fsp3) is 0.435. The van der Waals surface area contributed by atoms with E-state index in [4.69, 9.17) is 5.11 Å². The highest BCUT2D eigenvalue weighted by molar-refractivity contribution is 5.88. The number of carbonyl (C=O) groups is 1. The highest BCUT2D eigenvalue weighted by atomic mass is 19.4. The Hall–Kier alpha value is -2.50. The Morgan fingerprint density at radius 1 is 1.07 bits per heavy atom. The molecule has 1 atom stereocenters. The lowest BCUT2D eigenvalue weighted by atomic mass is 10.0. The first-order chi connectivity index (χ1) is 13.6. The molecule has 0 aliphatic heterocycles. The zero-order valence-electron chi connectivity index (χ0n) is 17.1. The van der Waals surface area contributed by atoms with Crippen molar-refractivity contribution < 1.29 is 23.1 Å². The predicted molar refractivity (Wildman–Crippen MR) is 110 cm³/mol. The summed E-state index contributed by atoms with van der Waals surface area (Å²) in [5.41, 5.74) is 0.802. The molecule has 0 radical (unpaired) electrons. The Kier molecular flexibility index (Phi) is 7.71. The monoisotopic (exact) mass is 407 g/mol. The van der Waals surface area contributed by atoms with E-state index in [9.17, 15) is 18.0 Å². The van der Waals surface area contributed by atoms with Crippen molar-refractivity contribution in [3.05, 3.63) is 59.2 Å². The SMILES string of the molecule is CC[C@@H](C)CCCCN(c1ccc(C(=O)O)cc1)c1ccc(C)c(C(F)(F)F)c1. The fourth-order valence-electron chi connectivity index (χ4n) is 3.24. The fourth-order valence-corrected chi connectivity index (χ4v) is 3.24. The highest BCUT2D eigenvalue weighted by Crippen LogP contribution is 2.36. The summed E-state index contributed by atoms with van der Waals surface area (Å²) in [6, 6.07) is 10.6. The Morgan fingerprint density at radius 2 is 1.69 bits per heavy atom. The summed E-state index contributed by atoms with van der Waals surface area (Å²) >= 11 is 0. The molecule has 0 spiro atoms. The summed E-state index contributed by atoms with van der Waals surface area (Å²) in [7, 11) is 0. The van der Waals surface area contributed by atoms with Gasteiger partial charge in [0.05, 0.1) is 11.1 Å². The van der Waals surface area contributed by atoms with Gasteiger partial charge in [0.25, 0.3) is 0 Å². The molecule has 0 bridgehead atoms. The molecule has 0 aliphatic carbocycles. The van der Waals surface area contributed by atoms with Gasteiger partial charge in [0.2, 0.25) is 0 Å². The number of carboxylic acid groups (broad SMARTS) is 1. The van der Waals surface area contributed by atoms with Crippen LogP contribution in [0.2, 0.25) is 0 Å². The second-order valence-electron chi connectivity index (χ2n) is 7.51. The zero-order valence-corrected chi connectivity index (χ0v) is 17.1. The van der Waals surface area contributed by atoms with Gasteiger partial charge in [-0.2, -0.15) is 13.2 Å². The molecule has 29 heavy (non-hydrogen) atoms. The number of alkyl halides is 3. The van der Waals surface area contributed by atoms with Crippen molar-refractivity contribution in [1.29, 1.82) is 0 Å². The van der Waals surface area contributed by atoms with Crippen LogP contribution in [-0.4, -0.2) is 17.6 Å². The van der Waals surface area contributed by atoms with E-state index >= 15 is 0 Å². The molecule has 0 unspecified atom stereocenters. The van der Waals surface area contributed by atoms with Crippen molar-refractivity contribution in [2.45, 2.75) is 52.6 Å². The molecule has 2 aromatic carbocycles. The van der Waals surface area contributed by atoms with E-state index in [2.05, 4.69) is 13.8 Å². The largest absolute Gasteiger partial charge is 0.478 e. The maximum absolute atomic E-state index is 13.4. The maximum Gasteiger partial charge on any atom is 0.416 e. The number of anilines is 2. The number of hydrogen-bond acceptors (Lipinski definition) is 2. The molecule has 0 aromatic heterocycles. The van der Waals surface area contributed by atoms with Crippen molar-refractivity contribution in [3.63, 3.8) is 0 Å². The van der Waals surface area contributed by atoms with Crippen molar-refractivity contribution in [1.82, 2.24) is 0 Å². The summed E-state index contributed by atoms with van der Waals surface area (Å²) in [5.74, 6) is -0.416. The smallest absolute Gasteiger partial charge is 0.416 e. The third kappa shape index (κ3) is 6.24. The van der Waals surface area contributed by atoms with Gasteiger partial charge in [-0.3, -0.25) is 0 Å². The second kappa shape index (κ2) is 9.81. The number of hydrogen-bond donors (Lipinski definition) is 1. The van der Waals surface area contributed by atoms with Gasteiger partial charge in [0.15, 0.2) is 0 Å². The van der Waals surface area contributed by atoms with Gasteiger partial charge >= 0.3 is 12.1 Å². The van der Waals surface area contributed by atoms with Crippen LogP contribution >= 0.6 is 0 Å². The molecule has 0 aliphatic rings. The Morgan fingerprint density at radius 3 is 2.24 bits per heavy atom. The summed E-state index contributed by atoms with van der Waals surface area (Å²) < 4.78 is 40.2. The zero-order chi connectivity index (χ0) is 21.6. The number of aromatic carboxylic acids is 1. The van der Waals surface area contributed by atoms with E-state index in [1.54, 1.807) is 18.2 Å². The average Bonchev–Trinajstić information content (AvgIpc) is 2.67. The van der Waals surface area contributed by atoms with Crippen LogP contribution in [0.5, 0.6) is 0 Å². The molecule has 158 valence electrons. The van der Waals surface area contributed by atoms with Crippen molar-refractivity contribution in [2.24, 2.45) is 5.92 Å². The Balaban J connectivity index is 2.32. The van der Waals surface area contributed by atoms with Crippen LogP contribution < -0.4 is 4.90 Å². The van der Waals surface area contributed by atoms with Gasteiger partial charge in [-0.25, -0.2) is 4.79 Å². The second-order valence-corrected chi connectivity index (χ2v) is 7.51. The maximum atomic E-state index is 13.4. The lowest BCUT2D eigenvalue weighted by Gasteiger charge is -2.27.